The third-order valence-electron chi connectivity index (χ3n) is 6.36. The van der Waals surface area contributed by atoms with E-state index in [-0.39, 0.29) is 11.1 Å². The highest BCUT2D eigenvalue weighted by Crippen LogP contribution is 2.44. The molecule has 2 atom stereocenters. The van der Waals surface area contributed by atoms with Crippen LogP contribution in [0.2, 0.25) is 0 Å². The van der Waals surface area contributed by atoms with Crippen LogP contribution in [0, 0.1) is 12.7 Å². The molecule has 3 aromatic carbocycles. The van der Waals surface area contributed by atoms with Crippen LogP contribution in [-0.4, -0.2) is 42.8 Å². The number of rotatable bonds is 4. The predicted molar refractivity (Wildman–Crippen MR) is 123 cm³/mol. The van der Waals surface area contributed by atoms with Crippen LogP contribution >= 0.6 is 0 Å². The number of carbonyl (C=O) groups is 3. The normalized spacial score (nSPS) is 19.6. The van der Waals surface area contributed by atoms with Gasteiger partial charge in [-0.2, -0.15) is 0 Å². The lowest BCUT2D eigenvalue weighted by Gasteiger charge is -2.49. The van der Waals surface area contributed by atoms with Gasteiger partial charge in [-0.25, -0.2) is 4.39 Å². The number of aryl methyl sites for hydroxylation is 1. The van der Waals surface area contributed by atoms with E-state index < -0.39 is 35.6 Å². The molecule has 33 heavy (non-hydrogen) atoms. The Kier molecular flexibility index (Phi) is 4.78. The van der Waals surface area contributed by atoms with Gasteiger partial charge in [0.15, 0.2) is 0 Å². The molecule has 0 N–H and O–H groups in total. The second kappa shape index (κ2) is 7.55. The molecular weight excluding hydrogens is 421 g/mol. The molecule has 2 aliphatic rings. The summed E-state index contributed by atoms with van der Waals surface area (Å²) in [6, 6.07) is 17.1. The Hall–Kier alpha value is -4.00. The molecule has 3 amide bonds. The van der Waals surface area contributed by atoms with Gasteiger partial charge in [-0.1, -0.05) is 30.3 Å². The lowest BCUT2D eigenvalue weighted by atomic mass is 9.86. The van der Waals surface area contributed by atoms with Crippen LogP contribution in [0.3, 0.4) is 0 Å². The minimum atomic E-state index is -1.01. The average molecular weight is 443 g/mol. The molecule has 7 heteroatoms. The highest BCUT2D eigenvalue weighted by atomic mass is 19.1. The predicted octanol–water partition coefficient (Wildman–Crippen LogP) is 3.95. The number of carbonyl (C=O) groups excluding carboxylic acids is 3. The number of fused-ring (bicyclic) bond motifs is 1. The second-order valence-corrected chi connectivity index (χ2v) is 8.54. The van der Waals surface area contributed by atoms with Crippen molar-refractivity contribution in [2.75, 3.05) is 23.9 Å². The van der Waals surface area contributed by atoms with Gasteiger partial charge in [-0.3, -0.25) is 19.3 Å². The Balaban J connectivity index is 1.59. The molecule has 0 saturated carbocycles. The maximum absolute atomic E-state index is 14.3. The number of β-lactam (4-membered cyclic amide) rings is 1. The van der Waals surface area contributed by atoms with Crippen molar-refractivity contribution in [1.82, 2.24) is 4.90 Å². The summed E-state index contributed by atoms with van der Waals surface area (Å²) >= 11 is 0. The molecule has 166 valence electrons. The monoisotopic (exact) mass is 443 g/mol. The summed E-state index contributed by atoms with van der Waals surface area (Å²) in [5.41, 5.74) is 3.15. The Morgan fingerprint density at radius 2 is 1.39 bits per heavy atom. The average Bonchev–Trinajstić information content (AvgIpc) is 3.05. The summed E-state index contributed by atoms with van der Waals surface area (Å²) in [5.74, 6) is -1.82. The standard InChI is InChI=1S/C26H22FN3O3/c1-15-8-11-18(14-21(15)27)29-22(16-9-12-17(13-10-16)28(2)3)23(26(29)33)30-24(31)19-6-4-5-7-20(19)25(30)32/h4-14,22-23H,1-3H3. The number of anilines is 2. The molecule has 5 rings (SSSR count). The van der Waals surface area contributed by atoms with E-state index in [1.165, 1.54) is 11.0 Å². The largest absolute Gasteiger partial charge is 0.378 e. The van der Waals surface area contributed by atoms with E-state index in [1.807, 2.05) is 43.3 Å². The van der Waals surface area contributed by atoms with Crippen LogP contribution in [-0.2, 0) is 4.79 Å². The van der Waals surface area contributed by atoms with Crippen molar-refractivity contribution in [1.29, 1.82) is 0 Å². The highest BCUT2D eigenvalue weighted by Gasteiger charge is 2.57. The second-order valence-electron chi connectivity index (χ2n) is 8.54. The van der Waals surface area contributed by atoms with Gasteiger partial charge >= 0.3 is 0 Å². The van der Waals surface area contributed by atoms with Crippen LogP contribution in [0.1, 0.15) is 37.9 Å². The quantitative estimate of drug-likeness (QED) is 0.453. The summed E-state index contributed by atoms with van der Waals surface area (Å²) in [4.78, 5) is 44.1. The molecule has 0 spiro atoms. The van der Waals surface area contributed by atoms with Crippen molar-refractivity contribution in [2.45, 2.75) is 19.0 Å². The van der Waals surface area contributed by atoms with E-state index in [2.05, 4.69) is 0 Å². The Labute approximate surface area is 190 Å². The molecule has 0 aliphatic carbocycles. The van der Waals surface area contributed by atoms with E-state index in [0.717, 1.165) is 16.2 Å². The molecule has 0 aromatic heterocycles. The van der Waals surface area contributed by atoms with Gasteiger partial charge in [0.1, 0.15) is 11.9 Å². The fraction of sp³-hybridized carbons (Fsp3) is 0.192. The molecule has 1 fully saturated rings. The third kappa shape index (κ3) is 3.11. The van der Waals surface area contributed by atoms with Crippen LogP contribution in [0.25, 0.3) is 0 Å². The van der Waals surface area contributed by atoms with Crippen LogP contribution in [0.15, 0.2) is 66.7 Å². The van der Waals surface area contributed by atoms with Gasteiger partial charge in [0, 0.05) is 25.5 Å². The molecule has 3 aromatic rings. The Morgan fingerprint density at radius 3 is 1.94 bits per heavy atom. The number of imide groups is 1. The zero-order chi connectivity index (χ0) is 23.4. The van der Waals surface area contributed by atoms with Crippen LogP contribution < -0.4 is 9.80 Å². The summed E-state index contributed by atoms with van der Waals surface area (Å²) in [6.07, 6.45) is 0. The lowest BCUT2D eigenvalue weighted by Crippen LogP contribution is -2.67. The molecule has 6 nitrogen and oxygen atoms in total. The molecule has 2 heterocycles. The minimum Gasteiger partial charge on any atom is -0.378 e. The number of amides is 3. The van der Waals surface area contributed by atoms with E-state index in [0.29, 0.717) is 11.3 Å². The number of benzene rings is 3. The summed E-state index contributed by atoms with van der Waals surface area (Å²) < 4.78 is 14.3. The van der Waals surface area contributed by atoms with Gasteiger partial charge in [0.05, 0.1) is 17.2 Å². The van der Waals surface area contributed by atoms with E-state index in [4.69, 9.17) is 0 Å². The zero-order valence-corrected chi connectivity index (χ0v) is 18.4. The highest BCUT2D eigenvalue weighted by molar-refractivity contribution is 6.24. The van der Waals surface area contributed by atoms with Crippen molar-refractivity contribution < 1.29 is 18.8 Å². The SMILES string of the molecule is Cc1ccc(N2C(=O)C(N3C(=O)c4ccccc4C3=O)C2c2ccc(N(C)C)cc2)cc1F. The Morgan fingerprint density at radius 1 is 0.788 bits per heavy atom. The maximum atomic E-state index is 14.3. The molecule has 1 saturated heterocycles. The van der Waals surface area contributed by atoms with Gasteiger partial charge in [0.2, 0.25) is 0 Å². The van der Waals surface area contributed by atoms with Crippen LogP contribution in [0.4, 0.5) is 15.8 Å². The van der Waals surface area contributed by atoms with E-state index in [9.17, 15) is 18.8 Å². The van der Waals surface area contributed by atoms with E-state index in [1.54, 1.807) is 43.3 Å². The number of hydrogen-bond acceptors (Lipinski definition) is 4. The van der Waals surface area contributed by atoms with Gasteiger partial charge in [-0.05, 0) is 54.4 Å². The number of halogens is 1. The van der Waals surface area contributed by atoms with Gasteiger partial charge in [-0.15, -0.1) is 0 Å². The first-order valence-electron chi connectivity index (χ1n) is 10.6. The summed E-state index contributed by atoms with van der Waals surface area (Å²) in [6.45, 7) is 1.65. The maximum Gasteiger partial charge on any atom is 0.262 e. The molecular formula is C26H22FN3O3. The minimum absolute atomic E-state index is 0.289. The number of hydrogen-bond donors (Lipinski definition) is 0. The van der Waals surface area contributed by atoms with Gasteiger partial charge < -0.3 is 9.80 Å². The first-order valence-corrected chi connectivity index (χ1v) is 10.6. The smallest absolute Gasteiger partial charge is 0.262 e. The zero-order valence-electron chi connectivity index (χ0n) is 18.4. The molecule has 0 bridgehead atoms. The lowest BCUT2D eigenvalue weighted by molar-refractivity contribution is -0.130. The third-order valence-corrected chi connectivity index (χ3v) is 6.36. The van der Waals surface area contributed by atoms with E-state index >= 15 is 0 Å². The summed E-state index contributed by atoms with van der Waals surface area (Å²) in [7, 11) is 3.84. The summed E-state index contributed by atoms with van der Waals surface area (Å²) in [5, 5.41) is 0. The fourth-order valence-electron chi connectivity index (χ4n) is 4.51. The van der Waals surface area contributed by atoms with Crippen molar-refractivity contribution in [2.24, 2.45) is 0 Å². The van der Waals surface area contributed by atoms with Crippen molar-refractivity contribution in [3.8, 4) is 0 Å². The molecule has 0 radical (unpaired) electrons. The molecule has 2 aliphatic heterocycles. The van der Waals surface area contributed by atoms with Gasteiger partial charge in [0.25, 0.3) is 17.7 Å². The van der Waals surface area contributed by atoms with Crippen molar-refractivity contribution in [3.63, 3.8) is 0 Å². The molecule has 2 unspecified atom stereocenters. The van der Waals surface area contributed by atoms with Crippen LogP contribution in [0.5, 0.6) is 0 Å². The fourth-order valence-corrected chi connectivity index (χ4v) is 4.51. The number of nitrogens with zero attached hydrogens (tertiary/aromatic N) is 3. The Bertz CT molecular complexity index is 1270. The first kappa shape index (κ1) is 20.9. The van der Waals surface area contributed by atoms with Crippen molar-refractivity contribution in [3.05, 3.63) is 94.8 Å². The topological polar surface area (TPSA) is 60.9 Å². The van der Waals surface area contributed by atoms with Crippen molar-refractivity contribution >= 4 is 29.1 Å². The first-order chi connectivity index (χ1) is 15.8.